The number of aromatic nitrogens is 2. The van der Waals surface area contributed by atoms with Crippen molar-refractivity contribution >= 4 is 0 Å². The van der Waals surface area contributed by atoms with Gasteiger partial charge in [-0.15, -0.1) is 0 Å². The molecule has 4 heteroatoms. The van der Waals surface area contributed by atoms with Crippen molar-refractivity contribution in [3.8, 4) is 0 Å². The first-order valence-corrected chi connectivity index (χ1v) is 7.34. The molecule has 1 fully saturated rings. The van der Waals surface area contributed by atoms with E-state index in [9.17, 15) is 0 Å². The molecule has 18 heavy (non-hydrogen) atoms. The summed E-state index contributed by atoms with van der Waals surface area (Å²) in [4.78, 5) is 4.64. The molecule has 0 radical (unpaired) electrons. The predicted octanol–water partition coefficient (Wildman–Crippen LogP) is 2.83. The van der Waals surface area contributed by atoms with Gasteiger partial charge in [-0.25, -0.2) is 0 Å². The highest BCUT2D eigenvalue weighted by atomic mass is 16.5. The fraction of sp³-hybridized carbons (Fsp3) is 0.857. The summed E-state index contributed by atoms with van der Waals surface area (Å²) in [5.74, 6) is 1.75. The summed E-state index contributed by atoms with van der Waals surface area (Å²) in [6.45, 7) is 6.51. The molecule has 0 saturated carbocycles. The smallest absolute Gasteiger partial charge is 0.234 e. The number of hydrogen-bond donors (Lipinski definition) is 1. The van der Waals surface area contributed by atoms with Gasteiger partial charge in [-0.3, -0.25) is 0 Å². The Balaban J connectivity index is 2.12. The van der Waals surface area contributed by atoms with E-state index in [1.807, 2.05) is 0 Å². The minimum atomic E-state index is 0.0878. The number of aryl methyl sites for hydroxylation is 1. The van der Waals surface area contributed by atoms with E-state index in [2.05, 4.69) is 29.3 Å². The van der Waals surface area contributed by atoms with Gasteiger partial charge in [0.15, 0.2) is 5.82 Å². The third kappa shape index (κ3) is 2.91. The van der Waals surface area contributed by atoms with Gasteiger partial charge in [-0.1, -0.05) is 31.8 Å². The molecule has 1 saturated heterocycles. The Kier molecular flexibility index (Phi) is 4.75. The number of piperidine rings is 1. The quantitative estimate of drug-likeness (QED) is 0.844. The number of nitrogens with zero attached hydrogens (tertiary/aromatic N) is 2. The van der Waals surface area contributed by atoms with E-state index in [0.717, 1.165) is 50.5 Å². The molecule has 4 nitrogen and oxygen atoms in total. The molecule has 0 bridgehead atoms. The number of hydrogen-bond acceptors (Lipinski definition) is 4. The molecule has 1 unspecified atom stereocenters. The zero-order valence-electron chi connectivity index (χ0n) is 11.7. The highest BCUT2D eigenvalue weighted by molar-refractivity contribution is 5.08. The van der Waals surface area contributed by atoms with Gasteiger partial charge in [-0.05, 0) is 32.2 Å². The molecular formula is C14H25N3O. The monoisotopic (exact) mass is 251 g/mol. The largest absolute Gasteiger partial charge is 0.339 e. The van der Waals surface area contributed by atoms with Crippen LogP contribution in [-0.4, -0.2) is 23.2 Å². The Hall–Kier alpha value is -0.900. The van der Waals surface area contributed by atoms with Gasteiger partial charge in [0, 0.05) is 13.0 Å². The van der Waals surface area contributed by atoms with E-state index < -0.39 is 0 Å². The lowest BCUT2D eigenvalue weighted by Gasteiger charge is -2.34. The van der Waals surface area contributed by atoms with Gasteiger partial charge in [0.2, 0.25) is 5.89 Å². The average Bonchev–Trinajstić information content (AvgIpc) is 2.87. The minimum absolute atomic E-state index is 0.0878. The van der Waals surface area contributed by atoms with Gasteiger partial charge in [0.25, 0.3) is 0 Å². The van der Waals surface area contributed by atoms with Crippen molar-refractivity contribution in [2.75, 3.05) is 13.1 Å². The Bertz CT molecular complexity index is 350. The molecule has 0 aromatic carbocycles. The van der Waals surface area contributed by atoms with Crippen LogP contribution in [0.5, 0.6) is 0 Å². The van der Waals surface area contributed by atoms with Crippen molar-refractivity contribution in [3.63, 3.8) is 0 Å². The summed E-state index contributed by atoms with van der Waals surface area (Å²) in [5.41, 5.74) is 0.0878. The molecule has 2 heterocycles. The predicted molar refractivity (Wildman–Crippen MR) is 71.6 cm³/mol. The van der Waals surface area contributed by atoms with E-state index in [1.54, 1.807) is 0 Å². The molecule has 102 valence electrons. The highest BCUT2D eigenvalue weighted by Crippen LogP contribution is 2.34. The minimum Gasteiger partial charge on any atom is -0.339 e. The van der Waals surface area contributed by atoms with Crippen molar-refractivity contribution in [3.05, 3.63) is 11.7 Å². The molecule has 0 amide bonds. The first-order chi connectivity index (χ1) is 8.80. The second-order valence-electron chi connectivity index (χ2n) is 5.43. The topological polar surface area (TPSA) is 51.0 Å². The lowest BCUT2D eigenvalue weighted by molar-refractivity contribution is 0.213. The Morgan fingerprint density at radius 2 is 2.22 bits per heavy atom. The third-order valence-corrected chi connectivity index (χ3v) is 3.88. The van der Waals surface area contributed by atoms with E-state index in [0.29, 0.717) is 0 Å². The molecular weight excluding hydrogens is 226 g/mol. The summed E-state index contributed by atoms with van der Waals surface area (Å²) in [5, 5.41) is 7.63. The standard InChI is InChI=1S/C14H25N3O/c1-3-5-7-12-16-13(18-17-12)14(8-4-2)9-6-10-15-11-14/h15H,3-11H2,1-2H3. The van der Waals surface area contributed by atoms with E-state index >= 15 is 0 Å². The lowest BCUT2D eigenvalue weighted by Crippen LogP contribution is -2.43. The number of unbranched alkanes of at least 4 members (excludes halogenated alkanes) is 1. The molecule has 0 aliphatic carbocycles. The van der Waals surface area contributed by atoms with Crippen molar-refractivity contribution in [2.45, 2.75) is 64.2 Å². The van der Waals surface area contributed by atoms with Gasteiger partial charge >= 0.3 is 0 Å². The Morgan fingerprint density at radius 1 is 1.33 bits per heavy atom. The summed E-state index contributed by atoms with van der Waals surface area (Å²) >= 11 is 0. The maximum Gasteiger partial charge on any atom is 0.234 e. The van der Waals surface area contributed by atoms with E-state index in [-0.39, 0.29) is 5.41 Å². The second-order valence-corrected chi connectivity index (χ2v) is 5.43. The van der Waals surface area contributed by atoms with Crippen LogP contribution in [0.1, 0.15) is 64.1 Å². The summed E-state index contributed by atoms with van der Waals surface area (Å²) < 4.78 is 5.56. The van der Waals surface area contributed by atoms with E-state index in [1.165, 1.54) is 19.3 Å². The van der Waals surface area contributed by atoms with Crippen LogP contribution in [0.15, 0.2) is 4.52 Å². The van der Waals surface area contributed by atoms with Gasteiger partial charge in [0.1, 0.15) is 0 Å². The van der Waals surface area contributed by atoms with Crippen LogP contribution in [0, 0.1) is 0 Å². The lowest BCUT2D eigenvalue weighted by atomic mass is 9.77. The van der Waals surface area contributed by atoms with Crippen LogP contribution >= 0.6 is 0 Å². The molecule has 1 N–H and O–H groups in total. The zero-order chi connectivity index (χ0) is 12.8. The van der Waals surface area contributed by atoms with Crippen molar-refractivity contribution in [1.29, 1.82) is 0 Å². The summed E-state index contributed by atoms with van der Waals surface area (Å²) in [6, 6.07) is 0. The zero-order valence-corrected chi connectivity index (χ0v) is 11.7. The first kappa shape index (κ1) is 13.5. The Labute approximate surface area is 110 Å². The van der Waals surface area contributed by atoms with Crippen LogP contribution in [0.25, 0.3) is 0 Å². The number of nitrogens with one attached hydrogen (secondary N) is 1. The number of rotatable bonds is 6. The maximum atomic E-state index is 5.56. The van der Waals surface area contributed by atoms with Gasteiger partial charge < -0.3 is 9.84 Å². The molecule has 1 atom stereocenters. The SMILES string of the molecule is CCCCc1noc(C2(CCC)CCCNC2)n1. The van der Waals surface area contributed by atoms with Gasteiger partial charge in [-0.2, -0.15) is 4.98 Å². The molecule has 1 aliphatic heterocycles. The first-order valence-electron chi connectivity index (χ1n) is 7.34. The maximum absolute atomic E-state index is 5.56. The normalized spacial score (nSPS) is 24.3. The second kappa shape index (κ2) is 6.32. The average molecular weight is 251 g/mol. The fourth-order valence-corrected chi connectivity index (χ4v) is 2.86. The van der Waals surface area contributed by atoms with Crippen LogP contribution in [0.2, 0.25) is 0 Å². The molecule has 0 spiro atoms. The Morgan fingerprint density at radius 3 is 2.89 bits per heavy atom. The van der Waals surface area contributed by atoms with Crippen LogP contribution in [-0.2, 0) is 11.8 Å². The summed E-state index contributed by atoms with van der Waals surface area (Å²) in [6.07, 6.45) is 7.92. The molecule has 1 aromatic rings. The van der Waals surface area contributed by atoms with Crippen molar-refractivity contribution in [1.82, 2.24) is 15.5 Å². The molecule has 1 aliphatic rings. The molecule has 2 rings (SSSR count). The third-order valence-electron chi connectivity index (χ3n) is 3.88. The van der Waals surface area contributed by atoms with E-state index in [4.69, 9.17) is 4.52 Å². The van der Waals surface area contributed by atoms with Crippen LogP contribution in [0.4, 0.5) is 0 Å². The summed E-state index contributed by atoms with van der Waals surface area (Å²) in [7, 11) is 0. The van der Waals surface area contributed by atoms with Crippen LogP contribution < -0.4 is 5.32 Å². The van der Waals surface area contributed by atoms with Crippen molar-refractivity contribution < 1.29 is 4.52 Å². The fourth-order valence-electron chi connectivity index (χ4n) is 2.86. The highest BCUT2D eigenvalue weighted by Gasteiger charge is 2.38. The van der Waals surface area contributed by atoms with Crippen molar-refractivity contribution in [2.24, 2.45) is 0 Å². The van der Waals surface area contributed by atoms with Crippen LogP contribution in [0.3, 0.4) is 0 Å². The molecule has 1 aromatic heterocycles. The van der Waals surface area contributed by atoms with Gasteiger partial charge in [0.05, 0.1) is 5.41 Å².